The van der Waals surface area contributed by atoms with Crippen LogP contribution in [0.15, 0.2) is 46.7 Å². The topological polar surface area (TPSA) is 52.2 Å². The van der Waals surface area contributed by atoms with Crippen LogP contribution in [0.5, 0.6) is 0 Å². The van der Waals surface area contributed by atoms with Crippen LogP contribution in [-0.4, -0.2) is 19.2 Å². The monoisotopic (exact) mass is 310 g/mol. The summed E-state index contributed by atoms with van der Waals surface area (Å²) < 4.78 is 4.60. The van der Waals surface area contributed by atoms with Crippen LogP contribution in [0.2, 0.25) is 0 Å². The molecule has 5 nitrogen and oxygen atoms in total. The summed E-state index contributed by atoms with van der Waals surface area (Å²) in [4.78, 5) is 17.0. The highest BCUT2D eigenvalue weighted by Gasteiger charge is 2.14. The lowest BCUT2D eigenvalue weighted by Crippen LogP contribution is -2.27. The second kappa shape index (κ2) is 5.06. The molecule has 110 valence electrons. The molecule has 0 N–H and O–H groups in total. The maximum Gasteiger partial charge on any atom is 0.291 e. The van der Waals surface area contributed by atoms with Gasteiger partial charge in [-0.05, 0) is 29.6 Å². The van der Waals surface area contributed by atoms with Gasteiger partial charge in [-0.2, -0.15) is 5.10 Å². The van der Waals surface area contributed by atoms with Crippen molar-refractivity contribution in [2.75, 3.05) is 0 Å². The third-order valence-electron chi connectivity index (χ3n) is 3.72. The van der Waals surface area contributed by atoms with Gasteiger partial charge in [-0.15, -0.1) is 11.3 Å². The summed E-state index contributed by atoms with van der Waals surface area (Å²) in [6.07, 6.45) is 2.49. The zero-order chi connectivity index (χ0) is 15.1. The number of thiophene rings is 1. The minimum atomic E-state index is -0.0775. The second-order valence-electron chi connectivity index (χ2n) is 5.09. The third-order valence-corrected chi connectivity index (χ3v) is 4.58. The third kappa shape index (κ3) is 1.95. The maximum atomic E-state index is 12.7. The van der Waals surface area contributed by atoms with Gasteiger partial charge in [0.25, 0.3) is 5.56 Å². The lowest BCUT2D eigenvalue weighted by Gasteiger charge is -2.09. The Balaban J connectivity index is 1.96. The molecule has 0 saturated carbocycles. The molecule has 6 heteroatoms. The highest BCUT2D eigenvalue weighted by molar-refractivity contribution is 7.17. The molecule has 4 aromatic heterocycles. The summed E-state index contributed by atoms with van der Waals surface area (Å²) in [6.45, 7) is 2.44. The van der Waals surface area contributed by atoms with E-state index in [0.717, 1.165) is 28.2 Å². The first-order chi connectivity index (χ1) is 10.8. The molecule has 4 rings (SSSR count). The van der Waals surface area contributed by atoms with E-state index in [-0.39, 0.29) is 5.56 Å². The zero-order valence-electron chi connectivity index (χ0n) is 12.1. The van der Waals surface area contributed by atoms with Crippen LogP contribution < -0.4 is 5.56 Å². The molecular weight excluding hydrogens is 296 g/mol. The molecule has 0 unspecified atom stereocenters. The van der Waals surface area contributed by atoms with Crippen molar-refractivity contribution in [3.8, 4) is 0 Å². The fraction of sp³-hybridized carbons (Fsp3) is 0.188. The van der Waals surface area contributed by atoms with Gasteiger partial charge in [0.1, 0.15) is 11.3 Å². The summed E-state index contributed by atoms with van der Waals surface area (Å²) in [6, 6.07) is 9.68. The molecule has 0 bridgehead atoms. The molecule has 22 heavy (non-hydrogen) atoms. The standard InChI is InChI=1S/C16H14N4OS/c1-2-15-18-19(10-11-5-3-4-7-17-11)16(21)13-9-14-12(20(13)15)6-8-22-14/h3-9H,2,10H2,1H3. The average molecular weight is 310 g/mol. The van der Waals surface area contributed by atoms with Crippen LogP contribution in [0.25, 0.3) is 15.7 Å². The van der Waals surface area contributed by atoms with Crippen molar-refractivity contribution >= 4 is 27.1 Å². The van der Waals surface area contributed by atoms with E-state index in [1.807, 2.05) is 40.1 Å². The fourth-order valence-corrected chi connectivity index (χ4v) is 3.51. The van der Waals surface area contributed by atoms with E-state index in [2.05, 4.69) is 17.0 Å². The quantitative estimate of drug-likeness (QED) is 0.584. The molecule has 0 aliphatic carbocycles. The van der Waals surface area contributed by atoms with Gasteiger partial charge in [-0.3, -0.25) is 14.2 Å². The van der Waals surface area contributed by atoms with Gasteiger partial charge >= 0.3 is 0 Å². The Morgan fingerprint density at radius 3 is 2.91 bits per heavy atom. The molecule has 0 aliphatic rings. The zero-order valence-corrected chi connectivity index (χ0v) is 12.9. The molecular formula is C16H14N4OS. The van der Waals surface area contributed by atoms with Crippen LogP contribution in [0.1, 0.15) is 18.4 Å². The molecule has 0 atom stereocenters. The largest absolute Gasteiger partial charge is 0.291 e. The van der Waals surface area contributed by atoms with Crippen LogP contribution in [-0.2, 0) is 13.0 Å². The number of pyridine rings is 1. The van der Waals surface area contributed by atoms with Gasteiger partial charge in [-0.25, -0.2) is 4.68 Å². The lowest BCUT2D eigenvalue weighted by atomic mass is 10.3. The van der Waals surface area contributed by atoms with E-state index < -0.39 is 0 Å². The van der Waals surface area contributed by atoms with Crippen molar-refractivity contribution in [3.63, 3.8) is 0 Å². The summed E-state index contributed by atoms with van der Waals surface area (Å²) >= 11 is 1.64. The minimum absolute atomic E-state index is 0.0775. The van der Waals surface area contributed by atoms with Gasteiger partial charge < -0.3 is 0 Å². The predicted octanol–water partition coefficient (Wildman–Crippen LogP) is 2.72. The highest BCUT2D eigenvalue weighted by atomic mass is 32.1. The van der Waals surface area contributed by atoms with Crippen molar-refractivity contribution in [1.29, 1.82) is 0 Å². The summed E-state index contributed by atoms with van der Waals surface area (Å²) in [5.41, 5.74) is 2.50. The molecule has 0 fully saturated rings. The van der Waals surface area contributed by atoms with Gasteiger partial charge in [0.15, 0.2) is 0 Å². The molecule has 0 radical (unpaired) electrons. The Kier molecular flexibility index (Phi) is 3.04. The van der Waals surface area contributed by atoms with Gasteiger partial charge in [-0.1, -0.05) is 13.0 Å². The van der Waals surface area contributed by atoms with Gasteiger partial charge in [0, 0.05) is 12.6 Å². The first kappa shape index (κ1) is 13.2. The van der Waals surface area contributed by atoms with Crippen molar-refractivity contribution in [3.05, 3.63) is 63.8 Å². The second-order valence-corrected chi connectivity index (χ2v) is 6.04. The van der Waals surface area contributed by atoms with E-state index in [4.69, 9.17) is 0 Å². The SMILES string of the molecule is CCc1nn(Cc2ccccn2)c(=O)c2cc3sccc3n12. The van der Waals surface area contributed by atoms with Crippen LogP contribution in [0.4, 0.5) is 0 Å². The summed E-state index contributed by atoms with van der Waals surface area (Å²) in [7, 11) is 0. The van der Waals surface area contributed by atoms with Gasteiger partial charge in [0.2, 0.25) is 0 Å². The molecule has 4 heterocycles. The van der Waals surface area contributed by atoms with E-state index >= 15 is 0 Å². The van der Waals surface area contributed by atoms with Crippen molar-refractivity contribution < 1.29 is 0 Å². The summed E-state index contributed by atoms with van der Waals surface area (Å²) in [5, 5.41) is 6.59. The number of nitrogens with zero attached hydrogens (tertiary/aromatic N) is 4. The first-order valence-electron chi connectivity index (χ1n) is 7.16. The Labute approximate surface area is 130 Å². The first-order valence-corrected chi connectivity index (χ1v) is 8.04. The van der Waals surface area contributed by atoms with E-state index in [9.17, 15) is 4.79 Å². The Bertz CT molecular complexity index is 1010. The predicted molar refractivity (Wildman–Crippen MR) is 87.6 cm³/mol. The maximum absolute atomic E-state index is 12.7. The number of rotatable bonds is 3. The lowest BCUT2D eigenvalue weighted by molar-refractivity contribution is 0.596. The average Bonchev–Trinajstić information content (AvgIpc) is 3.12. The number of hydrogen-bond donors (Lipinski definition) is 0. The Hall–Kier alpha value is -2.47. The fourth-order valence-electron chi connectivity index (χ4n) is 2.70. The highest BCUT2D eigenvalue weighted by Crippen LogP contribution is 2.24. The molecule has 0 saturated heterocycles. The van der Waals surface area contributed by atoms with E-state index in [0.29, 0.717) is 12.1 Å². The molecule has 0 aromatic carbocycles. The number of hydrogen-bond acceptors (Lipinski definition) is 4. The summed E-state index contributed by atoms with van der Waals surface area (Å²) in [5.74, 6) is 0.888. The number of aryl methyl sites for hydroxylation is 1. The molecule has 0 amide bonds. The van der Waals surface area contributed by atoms with Crippen molar-refractivity contribution in [2.45, 2.75) is 19.9 Å². The van der Waals surface area contributed by atoms with Crippen LogP contribution in [0.3, 0.4) is 0 Å². The molecule has 0 aliphatic heterocycles. The van der Waals surface area contributed by atoms with Gasteiger partial charge in [0.05, 0.1) is 22.5 Å². The Morgan fingerprint density at radius 1 is 1.23 bits per heavy atom. The minimum Gasteiger partial charge on any atom is -0.290 e. The number of fused-ring (bicyclic) bond motifs is 3. The van der Waals surface area contributed by atoms with Crippen molar-refractivity contribution in [1.82, 2.24) is 19.2 Å². The number of aromatic nitrogens is 4. The normalized spacial score (nSPS) is 11.5. The smallest absolute Gasteiger partial charge is 0.290 e. The van der Waals surface area contributed by atoms with Crippen LogP contribution >= 0.6 is 11.3 Å². The molecule has 0 spiro atoms. The van der Waals surface area contributed by atoms with E-state index in [1.165, 1.54) is 4.68 Å². The molecule has 4 aromatic rings. The van der Waals surface area contributed by atoms with Crippen LogP contribution in [0, 0.1) is 0 Å². The Morgan fingerprint density at radius 2 is 2.14 bits per heavy atom. The van der Waals surface area contributed by atoms with E-state index in [1.54, 1.807) is 17.5 Å². The van der Waals surface area contributed by atoms with Crippen molar-refractivity contribution in [2.24, 2.45) is 0 Å².